The minimum absolute atomic E-state index is 0.0469. The quantitative estimate of drug-likeness (QED) is 0.288. The Morgan fingerprint density at radius 1 is 1.35 bits per heavy atom. The van der Waals surface area contributed by atoms with Crippen LogP contribution in [0.25, 0.3) is 10.9 Å². The van der Waals surface area contributed by atoms with Crippen molar-refractivity contribution in [2.24, 2.45) is 5.10 Å². The molecule has 162 valence electrons. The number of methoxy groups -OCH3 is 1. The molecule has 0 aliphatic carbocycles. The highest BCUT2D eigenvalue weighted by Crippen LogP contribution is 2.36. The fraction of sp³-hybridized carbons (Fsp3) is 0.261. The van der Waals surface area contributed by atoms with Crippen molar-refractivity contribution in [3.8, 4) is 11.5 Å². The molecular weight excluding hydrogens is 482 g/mol. The Kier molecular flexibility index (Phi) is 7.51. The van der Waals surface area contributed by atoms with E-state index >= 15 is 0 Å². The van der Waals surface area contributed by atoms with Gasteiger partial charge in [-0.2, -0.15) is 9.78 Å². The van der Waals surface area contributed by atoms with E-state index in [1.165, 1.54) is 11.8 Å². The highest BCUT2D eigenvalue weighted by molar-refractivity contribution is 9.10. The van der Waals surface area contributed by atoms with Crippen molar-refractivity contribution in [2.75, 3.05) is 13.7 Å². The number of halogens is 2. The minimum Gasteiger partial charge on any atom is -0.493 e. The van der Waals surface area contributed by atoms with E-state index in [1.807, 2.05) is 26.0 Å². The molecular formula is C23H23BrClN3O3. The van der Waals surface area contributed by atoms with Crippen LogP contribution < -0.4 is 15.0 Å². The first-order valence-corrected chi connectivity index (χ1v) is 10.9. The molecule has 0 aliphatic rings. The van der Waals surface area contributed by atoms with Gasteiger partial charge in [-0.1, -0.05) is 54.0 Å². The average molecular weight is 505 g/mol. The van der Waals surface area contributed by atoms with E-state index in [0.29, 0.717) is 45.4 Å². The van der Waals surface area contributed by atoms with Crippen LogP contribution in [-0.4, -0.2) is 29.6 Å². The Hall–Kier alpha value is -2.64. The lowest BCUT2D eigenvalue weighted by Gasteiger charge is -2.14. The molecule has 0 radical (unpaired) electrons. The number of hydrogen-bond donors (Lipinski definition) is 0. The molecule has 0 bridgehead atoms. The Bertz CT molecular complexity index is 1210. The summed E-state index contributed by atoms with van der Waals surface area (Å²) >= 11 is 9.79. The summed E-state index contributed by atoms with van der Waals surface area (Å²) < 4.78 is 13.1. The molecule has 6 nitrogen and oxygen atoms in total. The van der Waals surface area contributed by atoms with Crippen molar-refractivity contribution in [3.05, 3.63) is 74.2 Å². The Morgan fingerprint density at radius 3 is 2.81 bits per heavy atom. The van der Waals surface area contributed by atoms with Gasteiger partial charge in [0, 0.05) is 10.4 Å². The van der Waals surface area contributed by atoms with Crippen LogP contribution in [0.4, 0.5) is 0 Å². The molecule has 8 heteroatoms. The summed E-state index contributed by atoms with van der Waals surface area (Å²) in [7, 11) is 1.53. The van der Waals surface area contributed by atoms with E-state index in [9.17, 15) is 4.79 Å². The van der Waals surface area contributed by atoms with Gasteiger partial charge in [-0.05, 0) is 42.3 Å². The van der Waals surface area contributed by atoms with Crippen LogP contribution in [0.2, 0.25) is 5.02 Å². The van der Waals surface area contributed by atoms with Crippen molar-refractivity contribution in [3.63, 3.8) is 0 Å². The second kappa shape index (κ2) is 10.1. The highest BCUT2D eigenvalue weighted by Gasteiger charge is 2.16. The summed E-state index contributed by atoms with van der Waals surface area (Å²) in [6.45, 7) is 8.00. The topological polar surface area (TPSA) is 65.7 Å². The molecule has 0 aliphatic heterocycles. The molecule has 0 spiro atoms. The van der Waals surface area contributed by atoms with Gasteiger partial charge in [0.1, 0.15) is 12.4 Å². The summed E-state index contributed by atoms with van der Waals surface area (Å²) in [6, 6.07) is 8.89. The summed E-state index contributed by atoms with van der Waals surface area (Å²) in [6.07, 6.45) is 4.00. The summed E-state index contributed by atoms with van der Waals surface area (Å²) in [5.74, 6) is 1.54. The molecule has 0 saturated carbocycles. The molecule has 31 heavy (non-hydrogen) atoms. The van der Waals surface area contributed by atoms with Gasteiger partial charge >= 0.3 is 0 Å². The van der Waals surface area contributed by atoms with Crippen LogP contribution in [0, 0.1) is 0 Å². The fourth-order valence-corrected chi connectivity index (χ4v) is 3.63. The fourth-order valence-electron chi connectivity index (χ4n) is 3.00. The zero-order valence-electron chi connectivity index (χ0n) is 17.6. The van der Waals surface area contributed by atoms with Crippen molar-refractivity contribution >= 4 is 44.6 Å². The number of aromatic nitrogens is 2. The molecule has 1 atom stereocenters. The third-order valence-corrected chi connectivity index (χ3v) is 5.58. The van der Waals surface area contributed by atoms with Crippen molar-refractivity contribution in [1.82, 2.24) is 9.66 Å². The van der Waals surface area contributed by atoms with Crippen LogP contribution in [0.15, 0.2) is 57.4 Å². The first-order valence-electron chi connectivity index (χ1n) is 9.77. The number of nitrogens with zero attached hydrogens (tertiary/aromatic N) is 3. The largest absolute Gasteiger partial charge is 0.493 e. The van der Waals surface area contributed by atoms with E-state index < -0.39 is 0 Å². The van der Waals surface area contributed by atoms with Gasteiger partial charge in [-0.3, -0.25) is 4.79 Å². The van der Waals surface area contributed by atoms with Gasteiger partial charge in [0.15, 0.2) is 11.5 Å². The summed E-state index contributed by atoms with van der Waals surface area (Å²) in [4.78, 5) is 17.9. The number of ether oxygens (including phenoxy) is 2. The lowest BCUT2D eigenvalue weighted by atomic mass is 10.1. The predicted molar refractivity (Wildman–Crippen MR) is 129 cm³/mol. The molecule has 1 aromatic heterocycles. The van der Waals surface area contributed by atoms with E-state index in [2.05, 4.69) is 27.6 Å². The van der Waals surface area contributed by atoms with Crippen molar-refractivity contribution < 1.29 is 9.47 Å². The molecule has 0 N–H and O–H groups in total. The maximum atomic E-state index is 13.2. The number of benzene rings is 2. The molecule has 0 saturated heterocycles. The van der Waals surface area contributed by atoms with Gasteiger partial charge in [0.05, 0.1) is 29.2 Å². The second-order valence-electron chi connectivity index (χ2n) is 6.94. The number of fused-ring (bicyclic) bond motifs is 1. The Labute approximate surface area is 194 Å². The van der Waals surface area contributed by atoms with Crippen LogP contribution in [0.1, 0.15) is 37.6 Å². The number of rotatable bonds is 8. The van der Waals surface area contributed by atoms with Crippen LogP contribution >= 0.6 is 27.5 Å². The normalized spacial score (nSPS) is 12.3. The monoisotopic (exact) mass is 503 g/mol. The second-order valence-corrected chi connectivity index (χ2v) is 8.26. The van der Waals surface area contributed by atoms with Gasteiger partial charge in [0.25, 0.3) is 5.56 Å². The van der Waals surface area contributed by atoms with E-state index in [-0.39, 0.29) is 11.5 Å². The zero-order valence-corrected chi connectivity index (χ0v) is 19.9. The zero-order chi connectivity index (χ0) is 22.5. The lowest BCUT2D eigenvalue weighted by Crippen LogP contribution is -2.23. The predicted octanol–water partition coefficient (Wildman–Crippen LogP) is 5.78. The Balaban J connectivity index is 2.12. The molecule has 1 heterocycles. The van der Waals surface area contributed by atoms with E-state index in [4.69, 9.17) is 26.1 Å². The van der Waals surface area contributed by atoms with Crippen LogP contribution in [-0.2, 0) is 0 Å². The first-order chi connectivity index (χ1) is 14.9. The standard InChI is InChI=1S/C23H23BrClN3O3/c1-5-9-31-21-18(25)10-15(11-20(21)30-4)13-26-28-22(14(3)6-2)27-19-8-7-16(24)12-17(19)23(28)29/h5,7-8,10-14H,1,6,9H2,2-4H3/t14-/m0/s1. The third kappa shape index (κ3) is 4.99. The van der Waals surface area contributed by atoms with E-state index in [0.717, 1.165) is 10.9 Å². The molecule has 3 rings (SSSR count). The van der Waals surface area contributed by atoms with Crippen molar-refractivity contribution in [1.29, 1.82) is 0 Å². The van der Waals surface area contributed by atoms with Gasteiger partial charge in [0.2, 0.25) is 0 Å². The van der Waals surface area contributed by atoms with Crippen LogP contribution in [0.3, 0.4) is 0 Å². The smallest absolute Gasteiger partial charge is 0.282 e. The van der Waals surface area contributed by atoms with Gasteiger partial charge in [-0.25, -0.2) is 4.98 Å². The average Bonchev–Trinajstić information content (AvgIpc) is 2.77. The summed E-state index contributed by atoms with van der Waals surface area (Å²) in [5, 5.41) is 5.32. The Morgan fingerprint density at radius 2 is 2.13 bits per heavy atom. The lowest BCUT2D eigenvalue weighted by molar-refractivity contribution is 0.326. The highest BCUT2D eigenvalue weighted by atomic mass is 79.9. The first kappa shape index (κ1) is 23.0. The maximum Gasteiger partial charge on any atom is 0.282 e. The van der Waals surface area contributed by atoms with Crippen LogP contribution in [0.5, 0.6) is 11.5 Å². The maximum absolute atomic E-state index is 13.2. The third-order valence-electron chi connectivity index (χ3n) is 4.81. The van der Waals surface area contributed by atoms with Gasteiger partial charge in [-0.15, -0.1) is 0 Å². The molecule has 0 unspecified atom stereocenters. The number of hydrogen-bond acceptors (Lipinski definition) is 5. The SMILES string of the molecule is C=CCOc1c(Cl)cc(C=Nn2c([C@@H](C)CC)nc3ccc(Br)cc3c2=O)cc1OC. The molecule has 2 aromatic carbocycles. The minimum atomic E-state index is -0.234. The van der Waals surface area contributed by atoms with E-state index in [1.54, 1.807) is 30.5 Å². The molecule has 0 amide bonds. The van der Waals surface area contributed by atoms with Gasteiger partial charge < -0.3 is 9.47 Å². The van der Waals surface area contributed by atoms with Crippen molar-refractivity contribution in [2.45, 2.75) is 26.2 Å². The molecule has 3 aromatic rings. The summed E-state index contributed by atoms with van der Waals surface area (Å²) in [5.41, 5.74) is 1.06. The molecule has 0 fully saturated rings.